The van der Waals surface area contributed by atoms with Crippen LogP contribution in [0, 0.1) is 28.4 Å². The van der Waals surface area contributed by atoms with E-state index in [2.05, 4.69) is 10.2 Å². The van der Waals surface area contributed by atoms with Gasteiger partial charge >= 0.3 is 0 Å². The average Bonchev–Trinajstić information content (AvgIpc) is 2.69. The van der Waals surface area contributed by atoms with Gasteiger partial charge in [-0.2, -0.15) is 5.26 Å². The number of amides is 1. The summed E-state index contributed by atoms with van der Waals surface area (Å²) in [6, 6.07) is 14.7. The van der Waals surface area contributed by atoms with Crippen LogP contribution < -0.4 is 10.2 Å². The molecule has 1 aliphatic rings. The van der Waals surface area contributed by atoms with Crippen LogP contribution in [-0.2, 0) is 11.2 Å². The van der Waals surface area contributed by atoms with Crippen molar-refractivity contribution in [3.05, 3.63) is 69.3 Å². The Bertz CT molecular complexity index is 913. The van der Waals surface area contributed by atoms with Crippen LogP contribution in [0.2, 0.25) is 0 Å². The third kappa shape index (κ3) is 4.46. The second-order valence-corrected chi connectivity index (χ2v) is 7.00. The van der Waals surface area contributed by atoms with E-state index in [0.29, 0.717) is 25.1 Å². The number of rotatable bonds is 5. The van der Waals surface area contributed by atoms with Gasteiger partial charge in [-0.25, -0.2) is 0 Å². The van der Waals surface area contributed by atoms with E-state index >= 15 is 0 Å². The van der Waals surface area contributed by atoms with Gasteiger partial charge in [0.25, 0.3) is 5.69 Å². The standard InChI is InChI=1S/C21H22N4O3/c1-15-19(11-17(14-22)12-20(15)25(27)28)24-9-7-18(8-10-24)23-21(26)13-16-5-3-2-4-6-16/h2-6,11-12,18H,7-10,13H2,1H3,(H,23,26). The SMILES string of the molecule is Cc1c(N2CCC(NC(=O)Cc3ccccc3)CC2)cc(C#N)cc1[N+](=O)[O-]. The molecule has 2 aromatic rings. The molecule has 144 valence electrons. The Morgan fingerprint density at radius 1 is 1.29 bits per heavy atom. The third-order valence-corrected chi connectivity index (χ3v) is 5.09. The van der Waals surface area contributed by atoms with Crippen molar-refractivity contribution in [2.75, 3.05) is 18.0 Å². The molecule has 1 amide bonds. The lowest BCUT2D eigenvalue weighted by molar-refractivity contribution is -0.385. The molecular weight excluding hydrogens is 356 g/mol. The van der Waals surface area contributed by atoms with Gasteiger partial charge in [-0.1, -0.05) is 30.3 Å². The first-order chi connectivity index (χ1) is 13.5. The molecule has 0 unspecified atom stereocenters. The molecule has 7 heteroatoms. The number of anilines is 1. The summed E-state index contributed by atoms with van der Waals surface area (Å²) in [6.07, 6.45) is 1.87. The summed E-state index contributed by atoms with van der Waals surface area (Å²) in [5, 5.41) is 23.5. The predicted molar refractivity (Wildman–Crippen MR) is 106 cm³/mol. The number of nitro groups is 1. The number of hydrogen-bond acceptors (Lipinski definition) is 5. The zero-order valence-corrected chi connectivity index (χ0v) is 15.7. The fourth-order valence-electron chi connectivity index (χ4n) is 3.59. The maximum atomic E-state index is 12.3. The van der Waals surface area contributed by atoms with Gasteiger partial charge in [0.1, 0.15) is 0 Å². The molecule has 1 fully saturated rings. The van der Waals surface area contributed by atoms with E-state index in [-0.39, 0.29) is 23.2 Å². The number of benzene rings is 2. The molecule has 1 saturated heterocycles. The minimum atomic E-state index is -0.448. The van der Waals surface area contributed by atoms with Crippen molar-refractivity contribution in [1.82, 2.24) is 5.32 Å². The quantitative estimate of drug-likeness (QED) is 0.637. The molecule has 0 atom stereocenters. The summed E-state index contributed by atoms with van der Waals surface area (Å²) < 4.78 is 0. The molecule has 1 heterocycles. The van der Waals surface area contributed by atoms with Crippen LogP contribution in [-0.4, -0.2) is 30.0 Å². The molecule has 7 nitrogen and oxygen atoms in total. The number of carbonyl (C=O) groups excluding carboxylic acids is 1. The third-order valence-electron chi connectivity index (χ3n) is 5.09. The van der Waals surface area contributed by atoms with Crippen LogP contribution in [0.1, 0.15) is 29.5 Å². The normalized spacial score (nSPS) is 14.4. The molecule has 0 aliphatic carbocycles. The van der Waals surface area contributed by atoms with Crippen LogP contribution >= 0.6 is 0 Å². The smallest absolute Gasteiger partial charge is 0.275 e. The molecule has 3 rings (SSSR count). The fraction of sp³-hybridized carbons (Fsp3) is 0.333. The number of hydrogen-bond donors (Lipinski definition) is 1. The van der Waals surface area contributed by atoms with Gasteiger partial charge in [-0.15, -0.1) is 0 Å². The number of nitro benzene ring substituents is 1. The van der Waals surface area contributed by atoms with E-state index in [1.54, 1.807) is 13.0 Å². The first-order valence-corrected chi connectivity index (χ1v) is 9.25. The van der Waals surface area contributed by atoms with E-state index in [4.69, 9.17) is 0 Å². The van der Waals surface area contributed by atoms with Gasteiger partial charge in [-0.05, 0) is 31.4 Å². The second kappa shape index (κ2) is 8.53. The van der Waals surface area contributed by atoms with Crippen LogP contribution in [0.4, 0.5) is 11.4 Å². The molecule has 0 aromatic heterocycles. The Morgan fingerprint density at radius 2 is 1.96 bits per heavy atom. The van der Waals surface area contributed by atoms with Gasteiger partial charge < -0.3 is 10.2 Å². The summed E-state index contributed by atoms with van der Waals surface area (Å²) in [4.78, 5) is 25.1. The molecule has 0 radical (unpaired) electrons. The van der Waals surface area contributed by atoms with Crippen molar-refractivity contribution in [3.63, 3.8) is 0 Å². The highest BCUT2D eigenvalue weighted by molar-refractivity contribution is 5.78. The zero-order valence-electron chi connectivity index (χ0n) is 15.7. The van der Waals surface area contributed by atoms with Crippen molar-refractivity contribution < 1.29 is 9.72 Å². The minimum Gasteiger partial charge on any atom is -0.371 e. The van der Waals surface area contributed by atoms with E-state index in [0.717, 1.165) is 24.1 Å². The highest BCUT2D eigenvalue weighted by atomic mass is 16.6. The largest absolute Gasteiger partial charge is 0.371 e. The topological polar surface area (TPSA) is 99.3 Å². The lowest BCUT2D eigenvalue weighted by Crippen LogP contribution is -2.45. The molecule has 28 heavy (non-hydrogen) atoms. The van der Waals surface area contributed by atoms with Crippen molar-refractivity contribution >= 4 is 17.3 Å². The number of piperidine rings is 1. The first kappa shape index (κ1) is 19.4. The Morgan fingerprint density at radius 3 is 2.57 bits per heavy atom. The molecular formula is C21H22N4O3. The van der Waals surface area contributed by atoms with Gasteiger partial charge in [0.05, 0.1) is 28.5 Å². The fourth-order valence-corrected chi connectivity index (χ4v) is 3.59. The van der Waals surface area contributed by atoms with E-state index < -0.39 is 4.92 Å². The molecule has 0 bridgehead atoms. The van der Waals surface area contributed by atoms with Crippen LogP contribution in [0.3, 0.4) is 0 Å². The van der Waals surface area contributed by atoms with Crippen molar-refractivity contribution in [2.45, 2.75) is 32.2 Å². The number of nitrogens with zero attached hydrogens (tertiary/aromatic N) is 3. The van der Waals surface area contributed by atoms with Gasteiger partial charge in [-0.3, -0.25) is 14.9 Å². The van der Waals surface area contributed by atoms with Gasteiger partial charge in [0.2, 0.25) is 5.91 Å². The van der Waals surface area contributed by atoms with Crippen LogP contribution in [0.5, 0.6) is 0 Å². The van der Waals surface area contributed by atoms with E-state index in [9.17, 15) is 20.2 Å². The summed E-state index contributed by atoms with van der Waals surface area (Å²) in [6.45, 7) is 3.05. The average molecular weight is 378 g/mol. The summed E-state index contributed by atoms with van der Waals surface area (Å²) in [7, 11) is 0. The number of carbonyl (C=O) groups is 1. The van der Waals surface area contributed by atoms with Gasteiger partial charge in [0, 0.05) is 30.9 Å². The van der Waals surface area contributed by atoms with Crippen molar-refractivity contribution in [3.8, 4) is 6.07 Å². The molecule has 0 saturated carbocycles. The maximum absolute atomic E-state index is 12.3. The van der Waals surface area contributed by atoms with Crippen molar-refractivity contribution in [2.24, 2.45) is 0 Å². The number of nitriles is 1. The second-order valence-electron chi connectivity index (χ2n) is 7.00. The lowest BCUT2D eigenvalue weighted by atomic mass is 10.0. The monoisotopic (exact) mass is 378 g/mol. The van der Waals surface area contributed by atoms with Crippen LogP contribution in [0.25, 0.3) is 0 Å². The Labute approximate surface area is 163 Å². The summed E-state index contributed by atoms with van der Waals surface area (Å²) in [5.41, 5.74) is 2.52. The first-order valence-electron chi connectivity index (χ1n) is 9.25. The Hall–Kier alpha value is -3.40. The molecule has 1 N–H and O–H groups in total. The highest BCUT2D eigenvalue weighted by Gasteiger charge is 2.25. The van der Waals surface area contributed by atoms with E-state index in [1.807, 2.05) is 36.4 Å². The minimum absolute atomic E-state index is 0.00273. The molecule has 2 aromatic carbocycles. The highest BCUT2D eigenvalue weighted by Crippen LogP contribution is 2.32. The number of nitrogens with one attached hydrogen (secondary N) is 1. The van der Waals surface area contributed by atoms with Crippen molar-refractivity contribution in [1.29, 1.82) is 5.26 Å². The van der Waals surface area contributed by atoms with Crippen LogP contribution in [0.15, 0.2) is 42.5 Å². The maximum Gasteiger partial charge on any atom is 0.275 e. The predicted octanol–water partition coefficient (Wildman–Crippen LogP) is 3.10. The summed E-state index contributed by atoms with van der Waals surface area (Å²) >= 11 is 0. The lowest BCUT2D eigenvalue weighted by Gasteiger charge is -2.34. The molecule has 0 spiro atoms. The van der Waals surface area contributed by atoms with Gasteiger partial charge in [0.15, 0.2) is 0 Å². The zero-order chi connectivity index (χ0) is 20.1. The Kier molecular flexibility index (Phi) is 5.90. The molecule has 1 aliphatic heterocycles. The van der Waals surface area contributed by atoms with E-state index in [1.165, 1.54) is 6.07 Å². The summed E-state index contributed by atoms with van der Waals surface area (Å²) in [5.74, 6) is 0.00273. The Balaban J connectivity index is 1.63.